The van der Waals surface area contributed by atoms with Gasteiger partial charge in [-0.1, -0.05) is 26.7 Å². The van der Waals surface area contributed by atoms with Crippen molar-refractivity contribution in [2.24, 2.45) is 0 Å². The molecular weight excluding hydrogens is 299 g/mol. The topological polar surface area (TPSA) is 0 Å². The molecule has 0 N–H and O–H groups in total. The monoisotopic (exact) mass is 315 g/mol. The van der Waals surface area contributed by atoms with Crippen molar-refractivity contribution >= 4 is 0 Å². The molecule has 0 aromatic carbocycles. The Morgan fingerprint density at radius 2 is 2.27 bits per heavy atom. The van der Waals surface area contributed by atoms with E-state index >= 15 is 0 Å². The van der Waals surface area contributed by atoms with E-state index in [0.717, 1.165) is 6.42 Å². The van der Waals surface area contributed by atoms with Gasteiger partial charge in [-0.25, -0.2) is 11.6 Å². The molecule has 1 aliphatic rings. The fourth-order valence-electron chi connectivity index (χ4n) is 1.23. The summed E-state index contributed by atoms with van der Waals surface area (Å²) in [5.41, 5.74) is 2.89. The van der Waals surface area contributed by atoms with E-state index in [-0.39, 0.29) is 25.8 Å². The first kappa shape index (κ1) is 11.4. The summed E-state index contributed by atoms with van der Waals surface area (Å²) < 4.78 is 0. The van der Waals surface area contributed by atoms with Crippen molar-refractivity contribution in [3.05, 3.63) is 23.3 Å². The second-order valence-corrected chi connectivity index (χ2v) is 2.94. The van der Waals surface area contributed by atoms with E-state index in [1.807, 2.05) is 0 Å². The zero-order valence-corrected chi connectivity index (χ0v) is 11.0. The quantitative estimate of drug-likeness (QED) is 0.554. The van der Waals surface area contributed by atoms with Crippen LogP contribution in [0.25, 0.3) is 0 Å². The molecule has 0 saturated heterocycles. The smallest absolute Gasteiger partial charge is 0 e. The largest absolute Gasteiger partial charge is 0.269 e. The molecule has 0 bridgehead atoms. The first-order valence-electron chi connectivity index (χ1n) is 4.10. The van der Waals surface area contributed by atoms with E-state index in [1.165, 1.54) is 24.8 Å². The van der Waals surface area contributed by atoms with Crippen LogP contribution in [0.5, 0.6) is 0 Å². The van der Waals surface area contributed by atoms with E-state index in [4.69, 9.17) is 0 Å². The Morgan fingerprint density at radius 1 is 1.55 bits per heavy atom. The van der Waals surface area contributed by atoms with Gasteiger partial charge in [-0.2, -0.15) is 5.57 Å². The van der Waals surface area contributed by atoms with Crippen molar-refractivity contribution in [1.82, 2.24) is 0 Å². The summed E-state index contributed by atoms with van der Waals surface area (Å²) in [5.74, 6) is 0. The average Bonchev–Trinajstić information content (AvgIpc) is 2.31. The minimum atomic E-state index is 0. The van der Waals surface area contributed by atoms with E-state index in [9.17, 15) is 0 Å². The third-order valence-corrected chi connectivity index (χ3v) is 1.87. The van der Waals surface area contributed by atoms with Gasteiger partial charge in [0.2, 0.25) is 0 Å². The van der Waals surface area contributed by atoms with Crippen LogP contribution in [0.4, 0.5) is 0 Å². The molecule has 0 amide bonds. The molecule has 0 saturated carbocycles. The molecule has 1 aliphatic carbocycles. The van der Waals surface area contributed by atoms with Gasteiger partial charge in [-0.3, -0.25) is 6.08 Å². The molecule has 11 heavy (non-hydrogen) atoms. The number of allylic oxidation sites excluding steroid dienone is 4. The molecular formula is C10H15Hf-. The Labute approximate surface area is 88.5 Å². The summed E-state index contributed by atoms with van der Waals surface area (Å²) in [6, 6.07) is 0. The van der Waals surface area contributed by atoms with Crippen molar-refractivity contribution < 1.29 is 25.8 Å². The van der Waals surface area contributed by atoms with E-state index < -0.39 is 0 Å². The molecule has 0 aromatic rings. The van der Waals surface area contributed by atoms with Crippen LogP contribution in [0.1, 0.15) is 39.5 Å². The molecule has 0 nitrogen and oxygen atoms in total. The molecule has 1 rings (SSSR count). The minimum absolute atomic E-state index is 0. The van der Waals surface area contributed by atoms with Crippen LogP contribution in [-0.2, 0) is 25.8 Å². The molecule has 0 radical (unpaired) electrons. The Bertz CT molecular complexity index is 166. The summed E-state index contributed by atoms with van der Waals surface area (Å²) in [5, 5.41) is 0. The number of unbranched alkanes of at least 4 members (excludes halogenated alkanes) is 1. The Balaban J connectivity index is 0.000001000. The normalized spacial score (nSPS) is 15.5. The fourth-order valence-corrected chi connectivity index (χ4v) is 1.23. The molecule has 1 heteroatoms. The molecule has 0 aromatic heterocycles. The van der Waals surface area contributed by atoms with Gasteiger partial charge >= 0.3 is 0 Å². The third-order valence-electron chi connectivity index (χ3n) is 1.87. The molecule has 0 aliphatic heterocycles. The van der Waals surface area contributed by atoms with Crippen LogP contribution >= 0.6 is 0 Å². The fraction of sp³-hybridized carbons (Fsp3) is 0.600. The second kappa shape index (κ2) is 5.93. The maximum absolute atomic E-state index is 3.30. The van der Waals surface area contributed by atoms with Gasteiger partial charge in [0.1, 0.15) is 0 Å². The summed E-state index contributed by atoms with van der Waals surface area (Å²) in [6.07, 6.45) is 10.6. The van der Waals surface area contributed by atoms with Gasteiger partial charge in [0.15, 0.2) is 0 Å². The van der Waals surface area contributed by atoms with E-state index in [2.05, 4.69) is 26.0 Å². The average molecular weight is 314 g/mol. The number of hydrogen-bond donors (Lipinski definition) is 0. The van der Waals surface area contributed by atoms with Crippen molar-refractivity contribution in [3.8, 4) is 0 Å². The molecule has 0 atom stereocenters. The second-order valence-electron chi connectivity index (χ2n) is 2.94. The van der Waals surface area contributed by atoms with Gasteiger partial charge in [-0.05, 0) is 6.42 Å². The SMILES string of the molecule is CCCCC1=CC(C)=[C-]C1.[Hf]. The van der Waals surface area contributed by atoms with Crippen LogP contribution in [0, 0.1) is 6.08 Å². The van der Waals surface area contributed by atoms with Gasteiger partial charge in [0.05, 0.1) is 0 Å². The number of rotatable bonds is 3. The first-order valence-corrected chi connectivity index (χ1v) is 4.10. The van der Waals surface area contributed by atoms with Crippen molar-refractivity contribution in [2.75, 3.05) is 0 Å². The van der Waals surface area contributed by atoms with Gasteiger partial charge < -0.3 is 0 Å². The summed E-state index contributed by atoms with van der Waals surface area (Å²) in [6.45, 7) is 4.36. The molecule has 0 fully saturated rings. The molecule has 0 unspecified atom stereocenters. The van der Waals surface area contributed by atoms with Crippen LogP contribution in [0.15, 0.2) is 17.2 Å². The predicted molar refractivity (Wildman–Crippen MR) is 44.7 cm³/mol. The third kappa shape index (κ3) is 4.05. The van der Waals surface area contributed by atoms with Crippen molar-refractivity contribution in [3.63, 3.8) is 0 Å². The van der Waals surface area contributed by atoms with Gasteiger partial charge in [-0.15, -0.1) is 6.42 Å². The van der Waals surface area contributed by atoms with Crippen LogP contribution in [-0.4, -0.2) is 0 Å². The Hall–Kier alpha value is 0.350. The minimum Gasteiger partial charge on any atom is -0.269 e. The predicted octanol–water partition coefficient (Wildman–Crippen LogP) is 3.25. The zero-order chi connectivity index (χ0) is 7.40. The van der Waals surface area contributed by atoms with E-state index in [1.54, 1.807) is 5.57 Å². The molecule has 0 spiro atoms. The van der Waals surface area contributed by atoms with Gasteiger partial charge in [0.25, 0.3) is 0 Å². The summed E-state index contributed by atoms with van der Waals surface area (Å²) >= 11 is 0. The van der Waals surface area contributed by atoms with Crippen LogP contribution in [0.3, 0.4) is 0 Å². The molecule has 0 heterocycles. The zero-order valence-electron chi connectivity index (χ0n) is 7.41. The Morgan fingerprint density at radius 3 is 2.73 bits per heavy atom. The van der Waals surface area contributed by atoms with Crippen LogP contribution < -0.4 is 0 Å². The summed E-state index contributed by atoms with van der Waals surface area (Å²) in [4.78, 5) is 0. The standard InChI is InChI=1S/C10H15.Hf/c1-3-4-5-10-7-6-9(2)8-10;/h8H,3-5,7H2,1-2H3;/q-1;. The number of hydrogen-bond acceptors (Lipinski definition) is 0. The van der Waals surface area contributed by atoms with Crippen LogP contribution in [0.2, 0.25) is 0 Å². The first-order chi connectivity index (χ1) is 4.83. The van der Waals surface area contributed by atoms with Gasteiger partial charge in [0, 0.05) is 25.8 Å². The maximum atomic E-state index is 3.30. The maximum Gasteiger partial charge on any atom is 0 e. The summed E-state index contributed by atoms with van der Waals surface area (Å²) in [7, 11) is 0. The van der Waals surface area contributed by atoms with Crippen molar-refractivity contribution in [1.29, 1.82) is 0 Å². The molecule has 60 valence electrons. The van der Waals surface area contributed by atoms with E-state index in [0.29, 0.717) is 0 Å². The van der Waals surface area contributed by atoms with Crippen molar-refractivity contribution in [2.45, 2.75) is 39.5 Å². The Kier molecular flexibility index (Phi) is 6.12.